The van der Waals surface area contributed by atoms with Crippen molar-refractivity contribution < 1.29 is 14.6 Å². The Morgan fingerprint density at radius 2 is 1.84 bits per heavy atom. The second-order valence-electron chi connectivity index (χ2n) is 5.87. The van der Waals surface area contributed by atoms with Gasteiger partial charge in [-0.25, -0.2) is 0 Å². The first kappa shape index (κ1) is 16.2. The SMILES string of the molecule is CC[C@@H](O)[C@H](C)C1=C(C)C(=O)[C@@H](C)[C@H]([C@@H](C)CC)O1. The third-order valence-electron chi connectivity index (χ3n) is 4.52. The molecule has 0 fully saturated rings. The van der Waals surface area contributed by atoms with E-state index in [1.807, 2.05) is 27.7 Å². The van der Waals surface area contributed by atoms with Gasteiger partial charge >= 0.3 is 0 Å². The molecule has 0 aromatic carbocycles. The average molecular weight is 268 g/mol. The zero-order valence-electron chi connectivity index (χ0n) is 13.1. The van der Waals surface area contributed by atoms with Gasteiger partial charge in [0.05, 0.1) is 12.0 Å². The van der Waals surface area contributed by atoms with Gasteiger partial charge in [-0.2, -0.15) is 0 Å². The van der Waals surface area contributed by atoms with E-state index in [4.69, 9.17) is 4.74 Å². The van der Waals surface area contributed by atoms with Crippen LogP contribution in [0.1, 0.15) is 54.4 Å². The number of carbonyl (C=O) groups is 1. The number of hydrogen-bond donors (Lipinski definition) is 1. The lowest BCUT2D eigenvalue weighted by Gasteiger charge is -2.37. The highest BCUT2D eigenvalue weighted by Crippen LogP contribution is 2.35. The highest BCUT2D eigenvalue weighted by atomic mass is 16.5. The molecule has 19 heavy (non-hydrogen) atoms. The van der Waals surface area contributed by atoms with Crippen LogP contribution in [-0.4, -0.2) is 23.1 Å². The third kappa shape index (κ3) is 3.19. The van der Waals surface area contributed by atoms with Crippen LogP contribution in [0.15, 0.2) is 11.3 Å². The fraction of sp³-hybridized carbons (Fsp3) is 0.812. The molecule has 1 N–H and O–H groups in total. The summed E-state index contributed by atoms with van der Waals surface area (Å²) in [7, 11) is 0. The van der Waals surface area contributed by atoms with Crippen molar-refractivity contribution in [1.29, 1.82) is 0 Å². The molecule has 1 aliphatic heterocycles. The number of Topliss-reactive ketones (excluding diaryl/α,β-unsaturated/α-hetero) is 1. The van der Waals surface area contributed by atoms with Crippen LogP contribution in [0.2, 0.25) is 0 Å². The van der Waals surface area contributed by atoms with Crippen LogP contribution in [0, 0.1) is 17.8 Å². The van der Waals surface area contributed by atoms with Crippen LogP contribution in [0.5, 0.6) is 0 Å². The molecule has 3 nitrogen and oxygen atoms in total. The molecule has 0 aromatic rings. The first-order chi connectivity index (χ1) is 8.84. The van der Waals surface area contributed by atoms with Crippen molar-refractivity contribution in [3.05, 3.63) is 11.3 Å². The largest absolute Gasteiger partial charge is 0.493 e. The third-order valence-corrected chi connectivity index (χ3v) is 4.52. The van der Waals surface area contributed by atoms with Gasteiger partial charge in [0.25, 0.3) is 0 Å². The number of aliphatic hydroxyl groups excluding tert-OH is 1. The second-order valence-corrected chi connectivity index (χ2v) is 5.87. The van der Waals surface area contributed by atoms with Crippen molar-refractivity contribution >= 4 is 5.78 Å². The van der Waals surface area contributed by atoms with Crippen molar-refractivity contribution in [3.63, 3.8) is 0 Å². The van der Waals surface area contributed by atoms with E-state index >= 15 is 0 Å². The van der Waals surface area contributed by atoms with Crippen LogP contribution < -0.4 is 0 Å². The monoisotopic (exact) mass is 268 g/mol. The Morgan fingerprint density at radius 3 is 2.32 bits per heavy atom. The molecular formula is C16H28O3. The fourth-order valence-corrected chi connectivity index (χ4v) is 2.77. The number of hydrogen-bond acceptors (Lipinski definition) is 3. The minimum absolute atomic E-state index is 0.0669. The first-order valence-electron chi connectivity index (χ1n) is 7.44. The number of rotatable bonds is 5. The Balaban J connectivity index is 3.06. The fourth-order valence-electron chi connectivity index (χ4n) is 2.77. The molecule has 0 unspecified atom stereocenters. The highest BCUT2D eigenvalue weighted by Gasteiger charge is 2.38. The highest BCUT2D eigenvalue weighted by molar-refractivity contribution is 5.98. The molecule has 1 heterocycles. The Labute approximate surface area is 117 Å². The Morgan fingerprint density at radius 1 is 1.26 bits per heavy atom. The van der Waals surface area contributed by atoms with Gasteiger partial charge in [-0.3, -0.25) is 4.79 Å². The van der Waals surface area contributed by atoms with Crippen LogP contribution in [-0.2, 0) is 9.53 Å². The Bertz CT molecular complexity index is 359. The van der Waals surface area contributed by atoms with Gasteiger partial charge < -0.3 is 9.84 Å². The van der Waals surface area contributed by atoms with Crippen LogP contribution in [0.25, 0.3) is 0 Å². The molecule has 3 heteroatoms. The molecule has 0 radical (unpaired) electrons. The van der Waals surface area contributed by atoms with Crippen molar-refractivity contribution in [2.45, 2.75) is 66.6 Å². The standard InChI is InChI=1S/C16H28O3/c1-7-9(3)15-11(5)14(18)12(6)16(19-15)10(4)13(17)8-2/h9-11,13,15,17H,7-8H2,1-6H3/t9-,10-,11+,13+,15-/m0/s1. The summed E-state index contributed by atoms with van der Waals surface area (Å²) in [4.78, 5) is 12.4. The topological polar surface area (TPSA) is 46.5 Å². The van der Waals surface area contributed by atoms with Gasteiger partial charge in [0.15, 0.2) is 5.78 Å². The number of carbonyl (C=O) groups excluding carboxylic acids is 1. The van der Waals surface area contributed by atoms with Gasteiger partial charge in [-0.15, -0.1) is 0 Å². The van der Waals surface area contributed by atoms with E-state index in [2.05, 4.69) is 13.8 Å². The normalized spacial score (nSPS) is 28.9. The Kier molecular flexibility index (Phi) is 5.60. The van der Waals surface area contributed by atoms with E-state index in [-0.39, 0.29) is 23.7 Å². The summed E-state index contributed by atoms with van der Waals surface area (Å²) in [6.07, 6.45) is 1.13. The molecule has 5 atom stereocenters. The van der Waals surface area contributed by atoms with E-state index in [9.17, 15) is 9.90 Å². The predicted octanol–water partition coefficient (Wildman–Crippen LogP) is 3.32. The molecule has 0 aromatic heterocycles. The van der Waals surface area contributed by atoms with Gasteiger partial charge in [0, 0.05) is 11.5 Å². The lowest BCUT2D eigenvalue weighted by Crippen LogP contribution is -2.40. The van der Waals surface area contributed by atoms with Gasteiger partial charge in [-0.1, -0.05) is 41.0 Å². The van der Waals surface area contributed by atoms with E-state index in [1.54, 1.807) is 0 Å². The van der Waals surface area contributed by atoms with Crippen LogP contribution >= 0.6 is 0 Å². The lowest BCUT2D eigenvalue weighted by molar-refractivity contribution is -0.128. The predicted molar refractivity (Wildman–Crippen MR) is 76.7 cm³/mol. The molecule has 0 saturated carbocycles. The number of allylic oxidation sites excluding steroid dienone is 1. The van der Waals surface area contributed by atoms with Gasteiger partial charge in [-0.05, 0) is 19.3 Å². The van der Waals surface area contributed by atoms with Crippen molar-refractivity contribution in [3.8, 4) is 0 Å². The first-order valence-corrected chi connectivity index (χ1v) is 7.44. The van der Waals surface area contributed by atoms with Crippen molar-refractivity contribution in [2.24, 2.45) is 17.8 Å². The molecular weight excluding hydrogens is 240 g/mol. The Hall–Kier alpha value is -0.830. The molecule has 0 amide bonds. The average Bonchev–Trinajstić information content (AvgIpc) is 2.42. The minimum atomic E-state index is -0.455. The van der Waals surface area contributed by atoms with E-state index in [1.165, 1.54) is 0 Å². The summed E-state index contributed by atoms with van der Waals surface area (Å²) < 4.78 is 6.12. The molecule has 110 valence electrons. The van der Waals surface area contributed by atoms with Gasteiger partial charge in [0.1, 0.15) is 11.9 Å². The smallest absolute Gasteiger partial charge is 0.168 e. The molecule has 1 aliphatic rings. The molecule has 0 spiro atoms. The quantitative estimate of drug-likeness (QED) is 0.832. The van der Waals surface area contributed by atoms with E-state index < -0.39 is 6.10 Å². The molecule has 0 bridgehead atoms. The summed E-state index contributed by atoms with van der Waals surface area (Å²) in [5.41, 5.74) is 0.687. The maximum Gasteiger partial charge on any atom is 0.168 e. The maximum atomic E-state index is 12.4. The molecule has 0 saturated heterocycles. The number of ketones is 1. The molecule has 0 aliphatic carbocycles. The van der Waals surface area contributed by atoms with Crippen LogP contribution in [0.3, 0.4) is 0 Å². The van der Waals surface area contributed by atoms with Gasteiger partial charge in [0.2, 0.25) is 0 Å². The summed E-state index contributed by atoms with van der Waals surface area (Å²) >= 11 is 0. The van der Waals surface area contributed by atoms with Crippen molar-refractivity contribution in [1.82, 2.24) is 0 Å². The second kappa shape index (κ2) is 6.56. The van der Waals surface area contributed by atoms with Crippen LogP contribution in [0.4, 0.5) is 0 Å². The summed E-state index contributed by atoms with van der Waals surface area (Å²) in [6, 6.07) is 0. The van der Waals surface area contributed by atoms with E-state index in [0.717, 1.165) is 6.42 Å². The van der Waals surface area contributed by atoms with E-state index in [0.29, 0.717) is 23.7 Å². The summed E-state index contributed by atoms with van der Waals surface area (Å²) in [5, 5.41) is 10.0. The zero-order valence-corrected chi connectivity index (χ0v) is 13.1. The maximum absolute atomic E-state index is 12.4. The van der Waals surface area contributed by atoms with Crippen molar-refractivity contribution in [2.75, 3.05) is 0 Å². The summed E-state index contributed by atoms with van der Waals surface area (Å²) in [5.74, 6) is 0.996. The zero-order chi connectivity index (χ0) is 14.7. The number of aliphatic hydroxyl groups is 1. The minimum Gasteiger partial charge on any atom is -0.493 e. The number of ether oxygens (including phenoxy) is 1. The molecule has 1 rings (SSSR count). The summed E-state index contributed by atoms with van der Waals surface area (Å²) in [6.45, 7) is 11.9. The lowest BCUT2D eigenvalue weighted by atomic mass is 9.82.